The van der Waals surface area contributed by atoms with E-state index in [0.29, 0.717) is 11.2 Å². The molecule has 1 aromatic rings. The van der Waals surface area contributed by atoms with Gasteiger partial charge in [-0.3, -0.25) is 0 Å². The number of anilines is 2. The molecule has 1 unspecified atom stereocenters. The summed E-state index contributed by atoms with van der Waals surface area (Å²) >= 11 is 1.60. The van der Waals surface area contributed by atoms with Crippen molar-refractivity contribution in [3.63, 3.8) is 0 Å². The highest BCUT2D eigenvalue weighted by atomic mass is 32.2. The van der Waals surface area contributed by atoms with Crippen molar-refractivity contribution in [2.45, 2.75) is 49.9 Å². The minimum absolute atomic E-state index is 0.194. The summed E-state index contributed by atoms with van der Waals surface area (Å²) in [5.74, 6) is 1.44. The summed E-state index contributed by atoms with van der Waals surface area (Å²) in [6, 6.07) is 0. The number of nitrogens with zero attached hydrogens (tertiary/aromatic N) is 4. The zero-order valence-electron chi connectivity index (χ0n) is 12.9. The van der Waals surface area contributed by atoms with Gasteiger partial charge < -0.3 is 15.3 Å². The fourth-order valence-electron chi connectivity index (χ4n) is 2.19. The lowest BCUT2D eigenvalue weighted by molar-refractivity contribution is 0.289. The Balaban J connectivity index is 2.14. The van der Waals surface area contributed by atoms with Gasteiger partial charge in [0.15, 0.2) is 5.16 Å². The van der Waals surface area contributed by atoms with Crippen LogP contribution in [0.2, 0.25) is 0 Å². The van der Waals surface area contributed by atoms with Crippen molar-refractivity contribution in [1.29, 1.82) is 0 Å². The predicted octanol–water partition coefficient (Wildman–Crippen LogP) is 2.16. The van der Waals surface area contributed by atoms with Crippen LogP contribution in [0.15, 0.2) is 5.16 Å². The second-order valence-corrected chi connectivity index (χ2v) is 6.71. The molecule has 1 atom stereocenters. The Morgan fingerprint density at radius 1 is 1.29 bits per heavy atom. The Labute approximate surface area is 130 Å². The van der Waals surface area contributed by atoms with Crippen molar-refractivity contribution in [1.82, 2.24) is 15.0 Å². The van der Waals surface area contributed by atoms with E-state index >= 15 is 0 Å². The molecule has 2 N–H and O–H groups in total. The summed E-state index contributed by atoms with van der Waals surface area (Å²) in [7, 11) is 0. The SMILES string of the molecule is CCCNc1nc(SC(C)CCO)nc(N2CCCC2)n1. The Kier molecular flexibility index (Phi) is 6.50. The molecule has 1 aromatic heterocycles. The van der Waals surface area contributed by atoms with Crippen LogP contribution in [-0.2, 0) is 0 Å². The topological polar surface area (TPSA) is 74.2 Å². The summed E-state index contributed by atoms with van der Waals surface area (Å²) < 4.78 is 0. The minimum atomic E-state index is 0.194. The molecule has 1 fully saturated rings. The zero-order chi connectivity index (χ0) is 15.1. The van der Waals surface area contributed by atoms with Crippen LogP contribution in [0.25, 0.3) is 0 Å². The smallest absolute Gasteiger partial charge is 0.231 e. The summed E-state index contributed by atoms with van der Waals surface area (Å²) in [4.78, 5) is 15.8. The van der Waals surface area contributed by atoms with E-state index in [0.717, 1.165) is 43.6 Å². The fourth-order valence-corrected chi connectivity index (χ4v) is 3.05. The monoisotopic (exact) mass is 311 g/mol. The number of rotatable bonds is 8. The first-order chi connectivity index (χ1) is 10.2. The third-order valence-electron chi connectivity index (χ3n) is 3.37. The maximum absolute atomic E-state index is 9.03. The molecule has 7 heteroatoms. The molecule has 0 aromatic carbocycles. The highest BCUT2D eigenvalue weighted by Gasteiger charge is 2.18. The van der Waals surface area contributed by atoms with E-state index in [4.69, 9.17) is 5.11 Å². The zero-order valence-corrected chi connectivity index (χ0v) is 13.7. The summed E-state index contributed by atoms with van der Waals surface area (Å²) in [5.41, 5.74) is 0. The molecular weight excluding hydrogens is 286 g/mol. The van der Waals surface area contributed by atoms with Crippen molar-refractivity contribution in [3.05, 3.63) is 0 Å². The van der Waals surface area contributed by atoms with E-state index in [1.54, 1.807) is 11.8 Å². The lowest BCUT2D eigenvalue weighted by atomic mass is 10.4. The molecule has 6 nitrogen and oxygen atoms in total. The Morgan fingerprint density at radius 2 is 2.05 bits per heavy atom. The molecule has 2 rings (SSSR count). The van der Waals surface area contributed by atoms with Crippen LogP contribution in [0.5, 0.6) is 0 Å². The van der Waals surface area contributed by atoms with Crippen LogP contribution >= 0.6 is 11.8 Å². The Hall–Kier alpha value is -1.08. The molecule has 1 aliphatic rings. The highest BCUT2D eigenvalue weighted by molar-refractivity contribution is 7.99. The second kappa shape index (κ2) is 8.38. The molecule has 118 valence electrons. The fraction of sp³-hybridized carbons (Fsp3) is 0.786. The van der Waals surface area contributed by atoms with E-state index in [1.165, 1.54) is 12.8 Å². The molecule has 0 amide bonds. The maximum atomic E-state index is 9.03. The maximum Gasteiger partial charge on any atom is 0.231 e. The number of aliphatic hydroxyl groups is 1. The van der Waals surface area contributed by atoms with E-state index in [9.17, 15) is 0 Å². The van der Waals surface area contributed by atoms with Gasteiger partial charge in [-0.25, -0.2) is 0 Å². The van der Waals surface area contributed by atoms with Gasteiger partial charge in [-0.05, 0) is 25.7 Å². The molecule has 0 aliphatic carbocycles. The predicted molar refractivity (Wildman–Crippen MR) is 87.1 cm³/mol. The Morgan fingerprint density at radius 3 is 2.71 bits per heavy atom. The van der Waals surface area contributed by atoms with Crippen molar-refractivity contribution >= 4 is 23.7 Å². The van der Waals surface area contributed by atoms with Crippen LogP contribution in [-0.4, -0.2) is 51.5 Å². The van der Waals surface area contributed by atoms with Crippen molar-refractivity contribution < 1.29 is 5.11 Å². The molecule has 0 radical (unpaired) electrons. The normalized spacial score (nSPS) is 16.2. The molecule has 0 saturated carbocycles. The first kappa shape index (κ1) is 16.3. The number of aliphatic hydroxyl groups excluding tert-OH is 1. The van der Waals surface area contributed by atoms with Gasteiger partial charge in [-0.2, -0.15) is 15.0 Å². The van der Waals surface area contributed by atoms with Crippen molar-refractivity contribution in [2.75, 3.05) is 36.5 Å². The van der Waals surface area contributed by atoms with Crippen LogP contribution in [0.4, 0.5) is 11.9 Å². The number of nitrogens with one attached hydrogen (secondary N) is 1. The van der Waals surface area contributed by atoms with Gasteiger partial charge in [0.2, 0.25) is 11.9 Å². The second-order valence-electron chi connectivity index (χ2n) is 5.30. The number of thioether (sulfide) groups is 1. The van der Waals surface area contributed by atoms with Gasteiger partial charge in [0.25, 0.3) is 0 Å². The van der Waals surface area contributed by atoms with E-state index in [1.807, 2.05) is 0 Å². The molecule has 0 bridgehead atoms. The Bertz CT molecular complexity index is 439. The highest BCUT2D eigenvalue weighted by Crippen LogP contribution is 2.25. The average Bonchev–Trinajstić information content (AvgIpc) is 2.99. The lowest BCUT2D eigenvalue weighted by Crippen LogP contribution is -2.22. The lowest BCUT2D eigenvalue weighted by Gasteiger charge is -2.17. The van der Waals surface area contributed by atoms with Crippen LogP contribution in [0.3, 0.4) is 0 Å². The van der Waals surface area contributed by atoms with Crippen LogP contribution in [0.1, 0.15) is 39.5 Å². The van der Waals surface area contributed by atoms with Gasteiger partial charge >= 0.3 is 0 Å². The third-order valence-corrected chi connectivity index (χ3v) is 4.40. The minimum Gasteiger partial charge on any atom is -0.396 e. The largest absolute Gasteiger partial charge is 0.396 e. The van der Waals surface area contributed by atoms with Gasteiger partial charge in [-0.1, -0.05) is 25.6 Å². The number of hydrogen-bond donors (Lipinski definition) is 2. The molecule has 21 heavy (non-hydrogen) atoms. The summed E-state index contributed by atoms with van der Waals surface area (Å²) in [6.45, 7) is 7.30. The number of hydrogen-bond acceptors (Lipinski definition) is 7. The third kappa shape index (κ3) is 5.00. The van der Waals surface area contributed by atoms with E-state index in [-0.39, 0.29) is 6.61 Å². The standard InChI is InChI=1S/C14H25N5OS/c1-3-7-15-12-16-13(19-8-4-5-9-19)18-14(17-12)21-11(2)6-10-20/h11,20H,3-10H2,1-2H3,(H,15,16,17,18). The molecule has 1 saturated heterocycles. The molecular formula is C14H25N5OS. The molecule has 0 spiro atoms. The van der Waals surface area contributed by atoms with Crippen molar-refractivity contribution in [2.24, 2.45) is 0 Å². The van der Waals surface area contributed by atoms with Gasteiger partial charge in [0.05, 0.1) is 0 Å². The average molecular weight is 311 g/mol. The van der Waals surface area contributed by atoms with Crippen LogP contribution in [0, 0.1) is 0 Å². The summed E-state index contributed by atoms with van der Waals surface area (Å²) in [5, 5.41) is 13.3. The first-order valence-corrected chi connectivity index (χ1v) is 8.63. The van der Waals surface area contributed by atoms with Crippen LogP contribution < -0.4 is 10.2 Å². The van der Waals surface area contributed by atoms with Crippen molar-refractivity contribution in [3.8, 4) is 0 Å². The molecule has 1 aliphatic heterocycles. The van der Waals surface area contributed by atoms with Gasteiger partial charge in [-0.15, -0.1) is 0 Å². The van der Waals surface area contributed by atoms with E-state index < -0.39 is 0 Å². The number of aromatic nitrogens is 3. The van der Waals surface area contributed by atoms with Gasteiger partial charge in [0, 0.05) is 31.5 Å². The summed E-state index contributed by atoms with van der Waals surface area (Å²) in [6.07, 6.45) is 4.18. The van der Waals surface area contributed by atoms with E-state index in [2.05, 4.69) is 39.0 Å². The first-order valence-electron chi connectivity index (χ1n) is 7.75. The van der Waals surface area contributed by atoms with Gasteiger partial charge in [0.1, 0.15) is 0 Å². The quantitative estimate of drug-likeness (QED) is 0.713. The molecule has 2 heterocycles.